The quantitative estimate of drug-likeness (QED) is 0.341. The first-order valence-corrected chi connectivity index (χ1v) is 8.76. The fourth-order valence-corrected chi connectivity index (χ4v) is 2.62. The van der Waals surface area contributed by atoms with Crippen molar-refractivity contribution in [1.82, 2.24) is 15.6 Å². The first kappa shape index (κ1) is 18.8. The minimum atomic E-state index is -0.250. The van der Waals surface area contributed by atoms with Crippen LogP contribution in [0.2, 0.25) is 0 Å². The lowest BCUT2D eigenvalue weighted by Gasteiger charge is -2.26. The van der Waals surface area contributed by atoms with E-state index in [-0.39, 0.29) is 5.82 Å². The Balaban J connectivity index is 1.69. The molecule has 7 heteroatoms. The minimum Gasteiger partial charge on any atom is -0.379 e. The number of thiocarbonyl (C=S) groups is 1. The summed E-state index contributed by atoms with van der Waals surface area (Å²) in [4.78, 5) is 2.39. The third-order valence-corrected chi connectivity index (χ3v) is 4.08. The van der Waals surface area contributed by atoms with E-state index in [0.717, 1.165) is 63.5 Å². The molecule has 0 amide bonds. The summed E-state index contributed by atoms with van der Waals surface area (Å²) in [5.41, 5.74) is 4.60. The molecule has 1 aliphatic rings. The number of morpholine rings is 1. The first-order chi connectivity index (χ1) is 11.7. The molecule has 1 fully saturated rings. The molecule has 0 bridgehead atoms. The third kappa shape index (κ3) is 6.51. The molecule has 5 nitrogen and oxygen atoms in total. The predicted octanol–water partition coefficient (Wildman–Crippen LogP) is 2.13. The highest BCUT2D eigenvalue weighted by Gasteiger charge is 2.09. The van der Waals surface area contributed by atoms with Gasteiger partial charge in [-0.3, -0.25) is 10.3 Å². The molecule has 0 saturated carbocycles. The Bertz CT molecular complexity index is 544. The summed E-state index contributed by atoms with van der Waals surface area (Å²) in [6, 6.07) is 6.31. The fourth-order valence-electron chi connectivity index (χ4n) is 2.48. The van der Waals surface area contributed by atoms with Gasteiger partial charge in [0, 0.05) is 19.6 Å². The van der Waals surface area contributed by atoms with Gasteiger partial charge in [-0.2, -0.15) is 5.10 Å². The topological polar surface area (TPSA) is 48.9 Å². The Labute approximate surface area is 148 Å². The molecule has 2 N–H and O–H groups in total. The molecular weight excluding hydrogens is 327 g/mol. The molecule has 0 aromatic heterocycles. The van der Waals surface area contributed by atoms with E-state index in [1.807, 2.05) is 6.92 Å². The van der Waals surface area contributed by atoms with Crippen LogP contribution in [0.4, 0.5) is 4.39 Å². The summed E-state index contributed by atoms with van der Waals surface area (Å²) in [5, 5.41) is 7.99. The van der Waals surface area contributed by atoms with Crippen molar-refractivity contribution in [3.63, 3.8) is 0 Å². The van der Waals surface area contributed by atoms with Crippen LogP contribution in [0.3, 0.4) is 0 Å². The van der Waals surface area contributed by atoms with Gasteiger partial charge in [0.15, 0.2) is 5.11 Å². The van der Waals surface area contributed by atoms with Crippen LogP contribution < -0.4 is 10.7 Å². The molecule has 1 saturated heterocycles. The molecule has 1 aromatic rings. The highest BCUT2D eigenvalue weighted by atomic mass is 32.1. The molecule has 1 aliphatic heterocycles. The normalized spacial score (nSPS) is 16.0. The summed E-state index contributed by atoms with van der Waals surface area (Å²) in [6.45, 7) is 7.50. The van der Waals surface area contributed by atoms with E-state index in [1.165, 1.54) is 12.1 Å². The Hall–Kier alpha value is -1.57. The maximum Gasteiger partial charge on any atom is 0.186 e. The first-order valence-electron chi connectivity index (χ1n) is 8.35. The van der Waals surface area contributed by atoms with E-state index in [1.54, 1.807) is 12.1 Å². The number of hydrazone groups is 1. The lowest BCUT2D eigenvalue weighted by Crippen LogP contribution is -2.39. The number of rotatable bonds is 7. The molecule has 0 spiro atoms. The zero-order valence-electron chi connectivity index (χ0n) is 14.1. The van der Waals surface area contributed by atoms with Gasteiger partial charge in [-0.1, -0.05) is 19.1 Å². The average molecular weight is 352 g/mol. The smallest absolute Gasteiger partial charge is 0.186 e. The molecule has 0 unspecified atom stereocenters. The van der Waals surface area contributed by atoms with Crippen LogP contribution in [0.1, 0.15) is 25.3 Å². The van der Waals surface area contributed by atoms with Gasteiger partial charge in [0.1, 0.15) is 5.82 Å². The Morgan fingerprint density at radius 2 is 2.00 bits per heavy atom. The molecule has 2 rings (SSSR count). The number of benzene rings is 1. The molecule has 24 heavy (non-hydrogen) atoms. The van der Waals surface area contributed by atoms with Gasteiger partial charge >= 0.3 is 0 Å². The summed E-state index contributed by atoms with van der Waals surface area (Å²) in [7, 11) is 0. The van der Waals surface area contributed by atoms with Crippen molar-refractivity contribution in [3.8, 4) is 0 Å². The highest BCUT2D eigenvalue weighted by molar-refractivity contribution is 7.80. The largest absolute Gasteiger partial charge is 0.379 e. The van der Waals surface area contributed by atoms with E-state index in [0.29, 0.717) is 5.11 Å². The van der Waals surface area contributed by atoms with Crippen molar-refractivity contribution < 1.29 is 9.13 Å². The monoisotopic (exact) mass is 352 g/mol. The van der Waals surface area contributed by atoms with Crippen molar-refractivity contribution in [2.45, 2.75) is 19.8 Å². The van der Waals surface area contributed by atoms with Gasteiger partial charge < -0.3 is 10.1 Å². The second-order valence-electron chi connectivity index (χ2n) is 5.59. The zero-order chi connectivity index (χ0) is 17.2. The fraction of sp³-hybridized carbons (Fsp3) is 0.529. The summed E-state index contributed by atoms with van der Waals surface area (Å²) in [6.07, 6.45) is 1.75. The van der Waals surface area contributed by atoms with Crippen LogP contribution in [0, 0.1) is 5.82 Å². The standard InChI is InChI=1S/C17H25FN4OS/c1-2-16(14-4-6-15(18)7-5-14)20-21-17(24)19-8-3-9-22-10-12-23-13-11-22/h4-7H,2-3,8-13H2,1H3,(H2,19,21,24)/b20-16+. The number of hydrogen-bond donors (Lipinski definition) is 2. The van der Waals surface area contributed by atoms with Gasteiger partial charge in [-0.15, -0.1) is 0 Å². The zero-order valence-corrected chi connectivity index (χ0v) is 14.9. The van der Waals surface area contributed by atoms with Gasteiger partial charge in [-0.05, 0) is 49.3 Å². The minimum absolute atomic E-state index is 0.250. The van der Waals surface area contributed by atoms with Gasteiger partial charge in [-0.25, -0.2) is 4.39 Å². The van der Waals surface area contributed by atoms with Crippen LogP contribution in [0.5, 0.6) is 0 Å². The molecule has 1 aromatic carbocycles. The van der Waals surface area contributed by atoms with Crippen LogP contribution >= 0.6 is 12.2 Å². The summed E-state index contributed by atoms with van der Waals surface area (Å²) in [5.74, 6) is -0.250. The number of nitrogens with zero attached hydrogens (tertiary/aromatic N) is 2. The molecular formula is C17H25FN4OS. The van der Waals surface area contributed by atoms with E-state index in [2.05, 4.69) is 20.7 Å². The average Bonchev–Trinajstić information content (AvgIpc) is 2.61. The van der Waals surface area contributed by atoms with E-state index >= 15 is 0 Å². The molecule has 0 aliphatic carbocycles. The van der Waals surface area contributed by atoms with Gasteiger partial charge in [0.2, 0.25) is 0 Å². The second-order valence-corrected chi connectivity index (χ2v) is 6.00. The van der Waals surface area contributed by atoms with Crippen LogP contribution in [-0.4, -0.2) is 55.1 Å². The van der Waals surface area contributed by atoms with Crippen LogP contribution in [0.25, 0.3) is 0 Å². The van der Waals surface area contributed by atoms with Gasteiger partial charge in [0.25, 0.3) is 0 Å². The number of nitrogens with one attached hydrogen (secondary N) is 2. The molecule has 1 heterocycles. The van der Waals surface area contributed by atoms with Crippen molar-refractivity contribution in [2.24, 2.45) is 5.10 Å². The second kappa shape index (κ2) is 10.3. The van der Waals surface area contributed by atoms with Crippen LogP contribution in [0.15, 0.2) is 29.4 Å². The Morgan fingerprint density at radius 3 is 2.67 bits per heavy atom. The summed E-state index contributed by atoms with van der Waals surface area (Å²) < 4.78 is 18.3. The maximum atomic E-state index is 13.0. The van der Waals surface area contributed by atoms with Crippen molar-refractivity contribution in [1.29, 1.82) is 0 Å². The lowest BCUT2D eigenvalue weighted by molar-refractivity contribution is 0.0376. The van der Waals surface area contributed by atoms with Crippen molar-refractivity contribution in [2.75, 3.05) is 39.4 Å². The van der Waals surface area contributed by atoms with Crippen molar-refractivity contribution in [3.05, 3.63) is 35.6 Å². The SMILES string of the molecule is CC/C(=N\NC(=S)NCCCN1CCOCC1)c1ccc(F)cc1. The Morgan fingerprint density at radius 1 is 1.29 bits per heavy atom. The number of ether oxygens (including phenoxy) is 1. The van der Waals surface area contributed by atoms with E-state index in [9.17, 15) is 4.39 Å². The van der Waals surface area contributed by atoms with E-state index in [4.69, 9.17) is 17.0 Å². The summed E-state index contributed by atoms with van der Waals surface area (Å²) >= 11 is 5.24. The molecule has 132 valence electrons. The number of halogens is 1. The highest BCUT2D eigenvalue weighted by Crippen LogP contribution is 2.06. The molecule has 0 radical (unpaired) electrons. The van der Waals surface area contributed by atoms with E-state index < -0.39 is 0 Å². The lowest BCUT2D eigenvalue weighted by atomic mass is 10.1. The Kier molecular flexibility index (Phi) is 8.07. The van der Waals surface area contributed by atoms with Crippen molar-refractivity contribution >= 4 is 23.0 Å². The third-order valence-electron chi connectivity index (χ3n) is 3.85. The maximum absolute atomic E-state index is 13.0. The van der Waals surface area contributed by atoms with Gasteiger partial charge in [0.05, 0.1) is 18.9 Å². The number of hydrogen-bond acceptors (Lipinski definition) is 4. The molecule has 0 atom stereocenters. The predicted molar refractivity (Wildman–Crippen MR) is 98.8 cm³/mol. The van der Waals surface area contributed by atoms with Crippen LogP contribution in [-0.2, 0) is 4.74 Å².